The molecule has 0 aliphatic carbocycles. The van der Waals surface area contributed by atoms with Crippen LogP contribution in [0.1, 0.15) is 30.4 Å². The van der Waals surface area contributed by atoms with Crippen LogP contribution < -0.4 is 11.1 Å². The van der Waals surface area contributed by atoms with Gasteiger partial charge >= 0.3 is 12.1 Å². The van der Waals surface area contributed by atoms with Crippen molar-refractivity contribution in [1.82, 2.24) is 10.2 Å². The van der Waals surface area contributed by atoms with Crippen molar-refractivity contribution < 1.29 is 37.8 Å². The van der Waals surface area contributed by atoms with Crippen LogP contribution in [0.3, 0.4) is 0 Å². The molecular weight excluding hydrogens is 527 g/mol. The molecule has 1 fully saturated rings. The molecule has 5 atom stereocenters. The lowest BCUT2D eigenvalue weighted by molar-refractivity contribution is -0.385. The van der Waals surface area contributed by atoms with Gasteiger partial charge in [-0.2, -0.15) is 13.2 Å². The van der Waals surface area contributed by atoms with Crippen molar-refractivity contribution in [2.45, 2.75) is 49.5 Å². The highest BCUT2D eigenvalue weighted by Crippen LogP contribution is 2.38. The molecule has 0 bridgehead atoms. The number of nitrogens with zero attached hydrogens (tertiary/aromatic N) is 5. The lowest BCUT2D eigenvalue weighted by Gasteiger charge is -2.35. The highest BCUT2D eigenvalue weighted by molar-refractivity contribution is 6.47. The van der Waals surface area contributed by atoms with Crippen molar-refractivity contribution in [2.24, 2.45) is 20.7 Å². The quantitative estimate of drug-likeness (QED) is 0.216. The number of carbonyl (C=O) groups excluding carboxylic acids is 1. The SMILES string of the molecule is CC(c1ccc(C#CCNC(=O)C(F)(F)F)cc1[N+](=O)[O-])C1(N)N=CN=C2C1=NCN2[C@H]1C[C@H](O)[C@@H](CO)O1. The molecule has 208 valence electrons. The van der Waals surface area contributed by atoms with Crippen LogP contribution in [0.25, 0.3) is 0 Å². The topological polar surface area (TPSA) is 188 Å². The normalized spacial score (nSPS) is 26.7. The number of fused-ring (bicyclic) bond motifs is 1. The van der Waals surface area contributed by atoms with E-state index >= 15 is 0 Å². The summed E-state index contributed by atoms with van der Waals surface area (Å²) in [7, 11) is 0. The van der Waals surface area contributed by atoms with E-state index in [1.807, 2.05) is 0 Å². The van der Waals surface area contributed by atoms with E-state index in [4.69, 9.17) is 10.5 Å². The molecule has 13 nitrogen and oxygen atoms in total. The van der Waals surface area contributed by atoms with E-state index in [9.17, 15) is 38.3 Å². The lowest BCUT2D eigenvalue weighted by atomic mass is 9.82. The third kappa shape index (κ3) is 5.47. The second kappa shape index (κ2) is 10.7. The molecule has 4 rings (SSSR count). The number of aliphatic imine (C=N–C) groups is 3. The predicted octanol–water partition coefficient (Wildman–Crippen LogP) is 0.00600. The molecule has 0 radical (unpaired) electrons. The van der Waals surface area contributed by atoms with Gasteiger partial charge in [0.2, 0.25) is 0 Å². The largest absolute Gasteiger partial charge is 0.471 e. The van der Waals surface area contributed by atoms with Gasteiger partial charge in [-0.1, -0.05) is 24.8 Å². The average Bonchev–Trinajstić information content (AvgIpc) is 3.49. The molecule has 5 N–H and O–H groups in total. The van der Waals surface area contributed by atoms with E-state index in [2.05, 4.69) is 26.8 Å². The van der Waals surface area contributed by atoms with Crippen LogP contribution in [0, 0.1) is 22.0 Å². The Bertz CT molecular complexity index is 1320. The summed E-state index contributed by atoms with van der Waals surface area (Å²) < 4.78 is 42.5. The Morgan fingerprint density at radius 1 is 1.46 bits per heavy atom. The molecule has 1 saturated heterocycles. The highest BCUT2D eigenvalue weighted by atomic mass is 19.4. The fourth-order valence-electron chi connectivity index (χ4n) is 4.47. The maximum Gasteiger partial charge on any atom is 0.471 e. The Balaban J connectivity index is 1.54. The number of amides is 1. The van der Waals surface area contributed by atoms with Crippen LogP contribution >= 0.6 is 0 Å². The van der Waals surface area contributed by atoms with Crippen molar-refractivity contribution in [3.05, 3.63) is 39.4 Å². The lowest BCUT2D eigenvalue weighted by Crippen LogP contribution is -2.57. The van der Waals surface area contributed by atoms with Gasteiger partial charge < -0.3 is 30.9 Å². The minimum absolute atomic E-state index is 0.0836. The number of nitro groups is 1. The molecule has 2 unspecified atom stereocenters. The second-order valence-corrected chi connectivity index (χ2v) is 8.99. The first kappa shape index (κ1) is 28.1. The molecule has 0 aromatic heterocycles. The Kier molecular flexibility index (Phi) is 7.70. The van der Waals surface area contributed by atoms with Crippen LogP contribution in [0.15, 0.2) is 33.2 Å². The van der Waals surface area contributed by atoms with E-state index in [1.54, 1.807) is 17.1 Å². The summed E-state index contributed by atoms with van der Waals surface area (Å²) in [5.74, 6) is 2.20. The first-order valence-corrected chi connectivity index (χ1v) is 11.7. The second-order valence-electron chi connectivity index (χ2n) is 8.99. The third-order valence-corrected chi connectivity index (χ3v) is 6.61. The number of benzene rings is 1. The van der Waals surface area contributed by atoms with Crippen molar-refractivity contribution in [3.63, 3.8) is 0 Å². The first-order valence-electron chi connectivity index (χ1n) is 11.7. The molecule has 0 saturated carbocycles. The van der Waals surface area contributed by atoms with Crippen molar-refractivity contribution in [3.8, 4) is 11.8 Å². The van der Waals surface area contributed by atoms with E-state index in [-0.39, 0.29) is 42.2 Å². The number of nitrogens with two attached hydrogens (primary N) is 1. The smallest absolute Gasteiger partial charge is 0.394 e. The zero-order valence-corrected chi connectivity index (χ0v) is 20.4. The van der Waals surface area contributed by atoms with Crippen molar-refractivity contribution >= 4 is 29.5 Å². The van der Waals surface area contributed by atoms with Gasteiger partial charge in [0, 0.05) is 29.5 Å². The van der Waals surface area contributed by atoms with Gasteiger partial charge in [0.25, 0.3) is 5.69 Å². The standard InChI is InChI=1S/C23H24F3N7O6/c1-12(14-5-4-13(7-15(14)33(37)38)3-2-6-28-21(36)23(24,25)26)22(27)19-20(29-10-31-22)32(11-30-19)18-8-16(35)17(9-34)39-18/h4-5,7,10,12,16-18,34-35H,6,8-9,11,27H2,1H3,(H,28,36)/t12?,16-,17+,18+,22?/m0/s1. The van der Waals surface area contributed by atoms with Crippen LogP contribution in [0.4, 0.5) is 18.9 Å². The number of amidine groups is 1. The number of hydrogen-bond donors (Lipinski definition) is 4. The zero-order chi connectivity index (χ0) is 28.5. The molecule has 1 aromatic rings. The Morgan fingerprint density at radius 2 is 2.21 bits per heavy atom. The summed E-state index contributed by atoms with van der Waals surface area (Å²) in [6, 6.07) is 4.01. The fourth-order valence-corrected chi connectivity index (χ4v) is 4.47. The van der Waals surface area contributed by atoms with Gasteiger partial charge in [-0.05, 0) is 6.07 Å². The van der Waals surface area contributed by atoms with Crippen LogP contribution in [-0.2, 0) is 9.53 Å². The molecule has 1 aromatic carbocycles. The number of nitrogens with one attached hydrogen (secondary N) is 1. The fraction of sp³-hybridized carbons (Fsp3) is 0.478. The number of hydrogen-bond acceptors (Lipinski definition) is 11. The minimum atomic E-state index is -5.05. The molecule has 16 heteroatoms. The van der Waals surface area contributed by atoms with Gasteiger partial charge in [-0.15, -0.1) is 0 Å². The summed E-state index contributed by atoms with van der Waals surface area (Å²) in [6.45, 7) is 0.741. The number of alkyl halides is 3. The first-order chi connectivity index (χ1) is 18.4. The summed E-state index contributed by atoms with van der Waals surface area (Å²) in [4.78, 5) is 36.9. The summed E-state index contributed by atoms with van der Waals surface area (Å²) in [6.07, 6.45) is -5.89. The summed E-state index contributed by atoms with van der Waals surface area (Å²) >= 11 is 0. The molecule has 1 amide bonds. The predicted molar refractivity (Wildman–Crippen MR) is 131 cm³/mol. The maximum absolute atomic E-state index is 12.3. The van der Waals surface area contributed by atoms with E-state index < -0.39 is 53.6 Å². The molecule has 39 heavy (non-hydrogen) atoms. The van der Waals surface area contributed by atoms with Crippen molar-refractivity contribution in [1.29, 1.82) is 0 Å². The van der Waals surface area contributed by atoms with E-state index in [0.29, 0.717) is 5.84 Å². The van der Waals surface area contributed by atoms with E-state index in [1.165, 1.54) is 18.5 Å². The Morgan fingerprint density at radius 3 is 2.85 bits per heavy atom. The van der Waals surface area contributed by atoms with Gasteiger partial charge in [0.05, 0.1) is 24.2 Å². The number of ether oxygens (including phenoxy) is 1. The highest BCUT2D eigenvalue weighted by Gasteiger charge is 2.49. The number of aliphatic hydroxyl groups is 2. The monoisotopic (exact) mass is 551 g/mol. The van der Waals surface area contributed by atoms with Crippen molar-refractivity contribution in [2.75, 3.05) is 19.8 Å². The van der Waals surface area contributed by atoms with Crippen LogP contribution in [-0.4, -0.2) is 93.9 Å². The maximum atomic E-state index is 12.3. The number of nitro benzene ring substituents is 1. The van der Waals surface area contributed by atoms with Crippen LogP contribution in [0.5, 0.6) is 0 Å². The third-order valence-electron chi connectivity index (χ3n) is 6.61. The van der Waals surface area contributed by atoms with Gasteiger partial charge in [-0.3, -0.25) is 19.9 Å². The number of rotatable bonds is 6. The molecular formula is C23H24F3N7O6. The molecule has 3 aliphatic heterocycles. The molecule has 3 heterocycles. The Labute approximate surface area is 219 Å². The van der Waals surface area contributed by atoms with Gasteiger partial charge in [0.15, 0.2) is 11.5 Å². The molecule has 0 spiro atoms. The molecule has 3 aliphatic rings. The van der Waals surface area contributed by atoms with E-state index in [0.717, 1.165) is 6.07 Å². The number of halogens is 3. The average molecular weight is 551 g/mol. The van der Waals surface area contributed by atoms with Crippen LogP contribution in [0.2, 0.25) is 0 Å². The number of aliphatic hydroxyl groups excluding tert-OH is 2. The van der Waals surface area contributed by atoms with Gasteiger partial charge in [0.1, 0.15) is 31.1 Å². The Hall–Kier alpha value is -3.91. The van der Waals surface area contributed by atoms with Gasteiger partial charge in [-0.25, -0.2) is 9.98 Å². The summed E-state index contributed by atoms with van der Waals surface area (Å²) in [5, 5.41) is 33.0. The number of carbonyl (C=O) groups is 1. The minimum Gasteiger partial charge on any atom is -0.394 e. The zero-order valence-electron chi connectivity index (χ0n) is 20.4. The summed E-state index contributed by atoms with van der Waals surface area (Å²) in [5.41, 5.74) is 5.38.